The highest BCUT2D eigenvalue weighted by atomic mass is 32.1. The average Bonchev–Trinajstić information content (AvgIpc) is 2.86. The van der Waals surface area contributed by atoms with Gasteiger partial charge in [-0.2, -0.15) is 4.98 Å². The molecule has 0 aliphatic heterocycles. The van der Waals surface area contributed by atoms with E-state index in [4.69, 9.17) is 10.6 Å². The van der Waals surface area contributed by atoms with Gasteiger partial charge in [-0.05, 0) is 18.9 Å². The number of unbranched alkanes of at least 4 members (excludes halogenated alkanes) is 2. The highest BCUT2D eigenvalue weighted by Gasteiger charge is 2.12. The van der Waals surface area contributed by atoms with E-state index in [1.165, 1.54) is 17.7 Å². The first kappa shape index (κ1) is 14.0. The fourth-order valence-corrected chi connectivity index (χ4v) is 2.77. The molecular weight excluding hydrogens is 260 g/mol. The van der Waals surface area contributed by atoms with Crippen LogP contribution in [0, 0.1) is 0 Å². The van der Waals surface area contributed by atoms with Crippen LogP contribution in [0.2, 0.25) is 0 Å². The van der Waals surface area contributed by atoms with Crippen molar-refractivity contribution < 1.29 is 4.74 Å². The van der Waals surface area contributed by atoms with Gasteiger partial charge in [0.2, 0.25) is 11.8 Å². The van der Waals surface area contributed by atoms with Crippen LogP contribution in [0.3, 0.4) is 0 Å². The summed E-state index contributed by atoms with van der Waals surface area (Å²) in [5, 5.41) is 0.984. The summed E-state index contributed by atoms with van der Waals surface area (Å²) in [6.07, 6.45) is 4.37. The molecule has 0 amide bonds. The molecular formula is C13H20N4OS. The smallest absolute Gasteiger partial charge is 0.241 e. The predicted octanol–water partition coefficient (Wildman–Crippen LogP) is 3.11. The zero-order chi connectivity index (χ0) is 13.7. The fraction of sp³-hybridized carbons (Fsp3) is 0.538. The maximum absolute atomic E-state index is 5.78. The molecule has 0 radical (unpaired) electrons. The molecule has 6 heteroatoms. The van der Waals surface area contributed by atoms with Crippen LogP contribution in [-0.4, -0.2) is 16.6 Å². The monoisotopic (exact) mass is 280 g/mol. The van der Waals surface area contributed by atoms with Crippen molar-refractivity contribution >= 4 is 27.5 Å². The number of hydrogen-bond acceptors (Lipinski definition) is 6. The molecule has 19 heavy (non-hydrogen) atoms. The molecule has 0 saturated carbocycles. The van der Waals surface area contributed by atoms with Crippen molar-refractivity contribution in [3.63, 3.8) is 0 Å². The Kier molecular flexibility index (Phi) is 4.93. The first-order valence-corrected chi connectivity index (χ1v) is 7.50. The Bertz CT molecular complexity index is 541. The molecule has 2 aromatic rings. The zero-order valence-electron chi connectivity index (χ0n) is 11.4. The number of nitrogen functional groups attached to an aromatic ring is 1. The molecule has 0 spiro atoms. The van der Waals surface area contributed by atoms with Gasteiger partial charge < -0.3 is 4.74 Å². The summed E-state index contributed by atoms with van der Waals surface area (Å²) in [5.41, 5.74) is 2.49. The van der Waals surface area contributed by atoms with Gasteiger partial charge in [-0.25, -0.2) is 10.8 Å². The van der Waals surface area contributed by atoms with Crippen molar-refractivity contribution in [2.45, 2.75) is 39.5 Å². The Hall–Kier alpha value is -1.40. The third-order valence-corrected chi connectivity index (χ3v) is 4.05. The summed E-state index contributed by atoms with van der Waals surface area (Å²) in [6.45, 7) is 4.98. The number of aryl methyl sites for hydroxylation is 1. The molecule has 0 aliphatic rings. The van der Waals surface area contributed by atoms with Crippen molar-refractivity contribution in [2.24, 2.45) is 5.84 Å². The Labute approximate surface area is 117 Å². The molecule has 0 saturated heterocycles. The van der Waals surface area contributed by atoms with E-state index in [0.717, 1.165) is 23.1 Å². The Balaban J connectivity index is 2.25. The van der Waals surface area contributed by atoms with E-state index in [2.05, 4.69) is 35.3 Å². The number of ether oxygens (including phenoxy) is 1. The van der Waals surface area contributed by atoms with Crippen LogP contribution < -0.4 is 16.0 Å². The van der Waals surface area contributed by atoms with Gasteiger partial charge in [0.05, 0.1) is 12.0 Å². The molecule has 0 unspecified atom stereocenters. The second kappa shape index (κ2) is 6.68. The highest BCUT2D eigenvalue weighted by Crippen LogP contribution is 2.31. The quantitative estimate of drug-likeness (QED) is 0.463. The van der Waals surface area contributed by atoms with Crippen LogP contribution in [0.1, 0.15) is 38.0 Å². The van der Waals surface area contributed by atoms with Gasteiger partial charge in [-0.1, -0.05) is 26.7 Å². The van der Waals surface area contributed by atoms with E-state index in [-0.39, 0.29) is 0 Å². The van der Waals surface area contributed by atoms with Crippen LogP contribution >= 0.6 is 11.3 Å². The van der Waals surface area contributed by atoms with Gasteiger partial charge >= 0.3 is 0 Å². The van der Waals surface area contributed by atoms with Crippen LogP contribution in [-0.2, 0) is 6.42 Å². The molecule has 0 atom stereocenters. The molecule has 0 fully saturated rings. The Morgan fingerprint density at radius 3 is 2.84 bits per heavy atom. The fourth-order valence-electron chi connectivity index (χ4n) is 1.81. The summed E-state index contributed by atoms with van der Waals surface area (Å²) in [5.74, 6) is 6.43. The molecule has 2 aromatic heterocycles. The average molecular weight is 280 g/mol. The minimum Gasteiger partial charge on any atom is -0.477 e. The number of hydrogen-bond donors (Lipinski definition) is 2. The van der Waals surface area contributed by atoms with Gasteiger partial charge in [0.1, 0.15) is 4.83 Å². The van der Waals surface area contributed by atoms with Gasteiger partial charge in [-0.15, -0.1) is 11.3 Å². The van der Waals surface area contributed by atoms with Crippen molar-refractivity contribution in [1.29, 1.82) is 0 Å². The number of anilines is 1. The third kappa shape index (κ3) is 3.33. The number of nitrogens with zero attached hydrogens (tertiary/aromatic N) is 2. The SMILES string of the molecule is CCCCCOc1nc(NN)nc2sc(CC)cc12. The third-order valence-electron chi connectivity index (χ3n) is 2.87. The standard InChI is InChI=1S/C13H20N4OS/c1-3-5-6-7-18-11-10-8-9(4-2)19-12(10)16-13(15-11)17-14/h8H,3-7,14H2,1-2H3,(H,15,16,17). The summed E-state index contributed by atoms with van der Waals surface area (Å²) >= 11 is 1.66. The van der Waals surface area contributed by atoms with Crippen LogP contribution in [0.25, 0.3) is 10.2 Å². The van der Waals surface area contributed by atoms with Gasteiger partial charge in [0.25, 0.3) is 0 Å². The summed E-state index contributed by atoms with van der Waals surface area (Å²) in [6, 6.07) is 2.11. The maximum Gasteiger partial charge on any atom is 0.241 e. The summed E-state index contributed by atoms with van der Waals surface area (Å²) in [4.78, 5) is 10.9. The number of hydrazine groups is 1. The first-order chi connectivity index (χ1) is 9.28. The van der Waals surface area contributed by atoms with Crippen LogP contribution in [0.5, 0.6) is 5.88 Å². The highest BCUT2D eigenvalue weighted by molar-refractivity contribution is 7.18. The van der Waals surface area contributed by atoms with Crippen molar-refractivity contribution in [2.75, 3.05) is 12.0 Å². The maximum atomic E-state index is 5.78. The number of thiophene rings is 1. The topological polar surface area (TPSA) is 73.1 Å². The lowest BCUT2D eigenvalue weighted by Gasteiger charge is -2.07. The minimum absolute atomic E-state index is 0.405. The van der Waals surface area contributed by atoms with E-state index in [1.54, 1.807) is 11.3 Å². The summed E-state index contributed by atoms with van der Waals surface area (Å²) < 4.78 is 5.78. The molecule has 3 N–H and O–H groups in total. The lowest BCUT2D eigenvalue weighted by molar-refractivity contribution is 0.299. The van der Waals surface area contributed by atoms with Crippen LogP contribution in [0.15, 0.2) is 6.07 Å². The second-order valence-corrected chi connectivity index (χ2v) is 5.45. The van der Waals surface area contributed by atoms with E-state index in [1.807, 2.05) is 0 Å². The number of nitrogens with one attached hydrogen (secondary N) is 1. The largest absolute Gasteiger partial charge is 0.477 e. The molecule has 0 aliphatic carbocycles. The lowest BCUT2D eigenvalue weighted by Crippen LogP contribution is -2.11. The number of nitrogens with two attached hydrogens (primary N) is 1. The lowest BCUT2D eigenvalue weighted by atomic mass is 10.3. The first-order valence-electron chi connectivity index (χ1n) is 6.68. The predicted molar refractivity (Wildman–Crippen MR) is 79.6 cm³/mol. The zero-order valence-corrected chi connectivity index (χ0v) is 12.2. The van der Waals surface area contributed by atoms with Crippen molar-refractivity contribution in [3.05, 3.63) is 10.9 Å². The van der Waals surface area contributed by atoms with Gasteiger partial charge in [0, 0.05) is 4.88 Å². The molecule has 104 valence electrons. The van der Waals surface area contributed by atoms with Gasteiger partial charge in [0.15, 0.2) is 0 Å². The van der Waals surface area contributed by atoms with Crippen molar-refractivity contribution in [3.8, 4) is 5.88 Å². The number of aromatic nitrogens is 2. The number of rotatable bonds is 7. The minimum atomic E-state index is 0.405. The Morgan fingerprint density at radius 1 is 1.32 bits per heavy atom. The Morgan fingerprint density at radius 2 is 2.16 bits per heavy atom. The summed E-state index contributed by atoms with van der Waals surface area (Å²) in [7, 11) is 0. The van der Waals surface area contributed by atoms with E-state index in [9.17, 15) is 0 Å². The van der Waals surface area contributed by atoms with Crippen LogP contribution in [0.4, 0.5) is 5.95 Å². The molecule has 2 heterocycles. The second-order valence-electron chi connectivity index (χ2n) is 4.34. The van der Waals surface area contributed by atoms with E-state index < -0.39 is 0 Å². The molecule has 0 aromatic carbocycles. The van der Waals surface area contributed by atoms with Crippen molar-refractivity contribution in [1.82, 2.24) is 9.97 Å². The number of fused-ring (bicyclic) bond motifs is 1. The van der Waals surface area contributed by atoms with E-state index >= 15 is 0 Å². The molecule has 5 nitrogen and oxygen atoms in total. The molecule has 2 rings (SSSR count). The van der Waals surface area contributed by atoms with Gasteiger partial charge in [-0.3, -0.25) is 5.43 Å². The normalized spacial score (nSPS) is 10.9. The molecule has 0 bridgehead atoms. The van der Waals surface area contributed by atoms with E-state index in [0.29, 0.717) is 18.4 Å².